The van der Waals surface area contributed by atoms with Gasteiger partial charge in [-0.05, 0) is 44.0 Å². The summed E-state index contributed by atoms with van der Waals surface area (Å²) in [4.78, 5) is 22.5. The molecule has 1 aromatic carbocycles. The summed E-state index contributed by atoms with van der Waals surface area (Å²) in [6.07, 6.45) is -3.97. The van der Waals surface area contributed by atoms with E-state index in [1.54, 1.807) is 0 Å². The standard InChI is InChI=1S/C14H15F3N2O3/c15-14(16,17)13(21)22-11-3-1-2-9(12(18)20)10(11)6-8-4-5-19-7-8/h1-3,8,19H,4-7H2,(H2,18,20)/t8-/m1/s1. The highest BCUT2D eigenvalue weighted by molar-refractivity contribution is 5.95. The first-order valence-corrected chi connectivity index (χ1v) is 6.70. The third-order valence-electron chi connectivity index (χ3n) is 3.49. The summed E-state index contributed by atoms with van der Waals surface area (Å²) in [6, 6.07) is 3.97. The Morgan fingerprint density at radius 1 is 1.36 bits per heavy atom. The van der Waals surface area contributed by atoms with Crippen LogP contribution in [0.3, 0.4) is 0 Å². The number of hydrogen-bond acceptors (Lipinski definition) is 4. The van der Waals surface area contributed by atoms with Crippen molar-refractivity contribution in [2.45, 2.75) is 19.0 Å². The fourth-order valence-corrected chi connectivity index (χ4v) is 2.44. The van der Waals surface area contributed by atoms with E-state index in [1.165, 1.54) is 18.2 Å². The monoisotopic (exact) mass is 316 g/mol. The molecule has 120 valence electrons. The molecule has 1 amide bonds. The van der Waals surface area contributed by atoms with Gasteiger partial charge in [0.1, 0.15) is 5.75 Å². The lowest BCUT2D eigenvalue weighted by molar-refractivity contribution is -0.189. The molecule has 5 nitrogen and oxygen atoms in total. The average Bonchev–Trinajstić information content (AvgIpc) is 2.92. The molecule has 0 aliphatic carbocycles. The first-order valence-electron chi connectivity index (χ1n) is 6.70. The summed E-state index contributed by atoms with van der Waals surface area (Å²) in [6.45, 7) is 1.47. The number of hydrogen-bond donors (Lipinski definition) is 2. The molecule has 1 saturated heterocycles. The van der Waals surface area contributed by atoms with E-state index in [2.05, 4.69) is 10.1 Å². The smallest absolute Gasteiger partial charge is 0.420 e. The molecular weight excluding hydrogens is 301 g/mol. The number of esters is 1. The molecule has 3 N–H and O–H groups in total. The molecule has 0 radical (unpaired) electrons. The van der Waals surface area contributed by atoms with Crippen molar-refractivity contribution in [3.63, 3.8) is 0 Å². The van der Waals surface area contributed by atoms with Crippen LogP contribution in [0, 0.1) is 5.92 Å². The number of carbonyl (C=O) groups is 2. The number of primary amides is 1. The number of halogens is 3. The molecule has 1 heterocycles. The van der Waals surface area contributed by atoms with Gasteiger partial charge in [-0.1, -0.05) is 6.07 Å². The van der Waals surface area contributed by atoms with Gasteiger partial charge in [0.05, 0.1) is 0 Å². The van der Waals surface area contributed by atoms with Crippen LogP contribution in [0.5, 0.6) is 5.75 Å². The topological polar surface area (TPSA) is 81.4 Å². The van der Waals surface area contributed by atoms with Gasteiger partial charge >= 0.3 is 12.1 Å². The van der Waals surface area contributed by atoms with Gasteiger partial charge in [0.2, 0.25) is 5.91 Å². The Hall–Kier alpha value is -2.09. The molecule has 0 aromatic heterocycles. The quantitative estimate of drug-likeness (QED) is 0.650. The van der Waals surface area contributed by atoms with E-state index in [4.69, 9.17) is 5.73 Å². The third kappa shape index (κ3) is 3.76. The molecule has 1 fully saturated rings. The van der Waals surface area contributed by atoms with E-state index in [-0.39, 0.29) is 22.8 Å². The van der Waals surface area contributed by atoms with Crippen LogP contribution in [-0.2, 0) is 11.2 Å². The number of benzene rings is 1. The molecule has 8 heteroatoms. The number of ether oxygens (including phenoxy) is 1. The second-order valence-electron chi connectivity index (χ2n) is 5.10. The normalized spacial score (nSPS) is 18.2. The van der Waals surface area contributed by atoms with E-state index in [1.807, 2.05) is 0 Å². The largest absolute Gasteiger partial charge is 0.491 e. The average molecular weight is 316 g/mol. The first kappa shape index (κ1) is 16.3. The van der Waals surface area contributed by atoms with Gasteiger partial charge in [-0.2, -0.15) is 13.2 Å². The molecule has 1 aliphatic heterocycles. The number of amides is 1. The zero-order valence-corrected chi connectivity index (χ0v) is 11.6. The molecule has 0 bridgehead atoms. The van der Waals surface area contributed by atoms with Crippen LogP contribution in [-0.4, -0.2) is 31.1 Å². The number of nitrogens with one attached hydrogen (secondary N) is 1. The van der Waals surface area contributed by atoms with Crippen molar-refractivity contribution in [3.05, 3.63) is 29.3 Å². The maximum Gasteiger partial charge on any atom is 0.491 e. The predicted octanol–water partition coefficient (Wildman–Crippen LogP) is 1.41. The Morgan fingerprint density at radius 3 is 2.64 bits per heavy atom. The summed E-state index contributed by atoms with van der Waals surface area (Å²) < 4.78 is 41.5. The van der Waals surface area contributed by atoms with Crippen LogP contribution in [0.15, 0.2) is 18.2 Å². The van der Waals surface area contributed by atoms with Gasteiger partial charge in [-0.25, -0.2) is 4.79 Å². The van der Waals surface area contributed by atoms with E-state index < -0.39 is 18.1 Å². The van der Waals surface area contributed by atoms with Crippen LogP contribution in [0.4, 0.5) is 13.2 Å². The van der Waals surface area contributed by atoms with Gasteiger partial charge in [-0.15, -0.1) is 0 Å². The summed E-state index contributed by atoms with van der Waals surface area (Å²) in [7, 11) is 0. The van der Waals surface area contributed by atoms with E-state index in [0.29, 0.717) is 13.0 Å². The molecule has 0 saturated carbocycles. The zero-order valence-electron chi connectivity index (χ0n) is 11.6. The Bertz CT molecular complexity index is 581. The molecule has 1 aliphatic rings. The number of nitrogens with two attached hydrogens (primary N) is 1. The Balaban J connectivity index is 2.33. The third-order valence-corrected chi connectivity index (χ3v) is 3.49. The fraction of sp³-hybridized carbons (Fsp3) is 0.429. The Kier molecular flexibility index (Phi) is 4.70. The lowest BCUT2D eigenvalue weighted by Gasteiger charge is -2.16. The van der Waals surface area contributed by atoms with Crippen molar-refractivity contribution >= 4 is 11.9 Å². The Morgan fingerprint density at radius 2 is 2.09 bits per heavy atom. The van der Waals surface area contributed by atoms with Crippen molar-refractivity contribution in [1.82, 2.24) is 5.32 Å². The fourth-order valence-electron chi connectivity index (χ4n) is 2.44. The number of rotatable bonds is 4. The maximum atomic E-state index is 12.4. The maximum absolute atomic E-state index is 12.4. The van der Waals surface area contributed by atoms with Crippen LogP contribution < -0.4 is 15.8 Å². The summed E-state index contributed by atoms with van der Waals surface area (Å²) in [5.74, 6) is -3.22. The SMILES string of the molecule is NC(=O)c1cccc(OC(=O)C(F)(F)F)c1C[C@H]1CCNC1. The van der Waals surface area contributed by atoms with Gasteiger partial charge in [-0.3, -0.25) is 4.79 Å². The minimum atomic E-state index is -5.10. The minimum absolute atomic E-state index is 0.0689. The second kappa shape index (κ2) is 6.35. The Labute approximate surface area is 124 Å². The highest BCUT2D eigenvalue weighted by atomic mass is 19.4. The number of carbonyl (C=O) groups excluding carboxylic acids is 2. The highest BCUT2D eigenvalue weighted by Crippen LogP contribution is 2.29. The molecular formula is C14H15F3N2O3. The summed E-state index contributed by atoms with van der Waals surface area (Å²) in [5, 5.41) is 3.12. The van der Waals surface area contributed by atoms with E-state index >= 15 is 0 Å². The zero-order chi connectivity index (χ0) is 16.3. The van der Waals surface area contributed by atoms with Gasteiger partial charge in [0.15, 0.2) is 0 Å². The van der Waals surface area contributed by atoms with Crippen molar-refractivity contribution in [1.29, 1.82) is 0 Å². The van der Waals surface area contributed by atoms with E-state index in [9.17, 15) is 22.8 Å². The summed E-state index contributed by atoms with van der Waals surface area (Å²) >= 11 is 0. The van der Waals surface area contributed by atoms with Crippen molar-refractivity contribution in [2.24, 2.45) is 11.7 Å². The molecule has 0 spiro atoms. The van der Waals surface area contributed by atoms with Crippen LogP contribution in [0.2, 0.25) is 0 Å². The van der Waals surface area contributed by atoms with Crippen molar-refractivity contribution in [3.8, 4) is 5.75 Å². The second-order valence-corrected chi connectivity index (χ2v) is 5.10. The van der Waals surface area contributed by atoms with Gasteiger partial charge in [0, 0.05) is 11.1 Å². The van der Waals surface area contributed by atoms with Crippen LogP contribution in [0.1, 0.15) is 22.3 Å². The highest BCUT2D eigenvalue weighted by Gasteiger charge is 2.42. The van der Waals surface area contributed by atoms with Gasteiger partial charge in [0.25, 0.3) is 0 Å². The van der Waals surface area contributed by atoms with Gasteiger partial charge < -0.3 is 15.8 Å². The minimum Gasteiger partial charge on any atom is -0.420 e. The molecule has 0 unspecified atom stereocenters. The molecule has 1 atom stereocenters. The summed E-state index contributed by atoms with van der Waals surface area (Å²) in [5.41, 5.74) is 5.56. The predicted molar refractivity (Wildman–Crippen MR) is 71.3 cm³/mol. The van der Waals surface area contributed by atoms with Crippen molar-refractivity contribution in [2.75, 3.05) is 13.1 Å². The van der Waals surface area contributed by atoms with Crippen LogP contribution in [0.25, 0.3) is 0 Å². The van der Waals surface area contributed by atoms with E-state index in [0.717, 1.165) is 13.0 Å². The molecule has 1 aromatic rings. The molecule has 22 heavy (non-hydrogen) atoms. The van der Waals surface area contributed by atoms with Crippen LogP contribution >= 0.6 is 0 Å². The lowest BCUT2D eigenvalue weighted by Crippen LogP contribution is -2.29. The molecule has 2 rings (SSSR count). The number of alkyl halides is 3. The lowest BCUT2D eigenvalue weighted by atomic mass is 9.94. The van der Waals surface area contributed by atoms with Crippen molar-refractivity contribution < 1.29 is 27.5 Å². The first-order chi connectivity index (χ1) is 10.3.